The Morgan fingerprint density at radius 3 is 2.72 bits per heavy atom. The van der Waals surface area contributed by atoms with E-state index in [4.69, 9.17) is 4.74 Å². The van der Waals surface area contributed by atoms with Gasteiger partial charge in [-0.25, -0.2) is 0 Å². The Bertz CT molecular complexity index is 282. The van der Waals surface area contributed by atoms with Crippen molar-refractivity contribution in [2.24, 2.45) is 0 Å². The molecule has 2 saturated heterocycles. The highest BCUT2D eigenvalue weighted by molar-refractivity contribution is 7.99. The molecule has 2 fully saturated rings. The standard InChI is InChI=1S/C12H23N3O2S/c1-14-3-5-15(6-4-14)11-8-17-7-10(11)13-12(16)9-18-2/h10-11H,3-9H2,1-2H3,(H,13,16)/t10-,11-/m0/s1. The first-order chi connectivity index (χ1) is 8.70. The minimum atomic E-state index is 0.122. The van der Waals surface area contributed by atoms with E-state index in [1.165, 1.54) is 0 Å². The van der Waals surface area contributed by atoms with Gasteiger partial charge in [-0.2, -0.15) is 11.8 Å². The van der Waals surface area contributed by atoms with Gasteiger partial charge in [-0.05, 0) is 13.3 Å². The summed E-state index contributed by atoms with van der Waals surface area (Å²) in [5.74, 6) is 0.656. The van der Waals surface area contributed by atoms with E-state index in [0.29, 0.717) is 18.4 Å². The summed E-state index contributed by atoms with van der Waals surface area (Å²) < 4.78 is 5.55. The SMILES string of the molecule is CSCC(=O)N[C@H]1COC[C@@H]1N1CCN(C)CC1. The van der Waals surface area contributed by atoms with E-state index in [0.717, 1.165) is 32.8 Å². The second-order valence-electron chi connectivity index (χ2n) is 5.05. The van der Waals surface area contributed by atoms with Gasteiger partial charge in [0.15, 0.2) is 0 Å². The molecule has 0 unspecified atom stereocenters. The van der Waals surface area contributed by atoms with Gasteiger partial charge in [0.05, 0.1) is 31.1 Å². The van der Waals surface area contributed by atoms with Crippen LogP contribution in [0.4, 0.5) is 0 Å². The van der Waals surface area contributed by atoms with Gasteiger partial charge in [0.2, 0.25) is 5.91 Å². The molecule has 0 aromatic carbocycles. The van der Waals surface area contributed by atoms with Crippen LogP contribution in [0.5, 0.6) is 0 Å². The molecule has 2 aliphatic rings. The van der Waals surface area contributed by atoms with Crippen molar-refractivity contribution in [1.82, 2.24) is 15.1 Å². The fourth-order valence-electron chi connectivity index (χ4n) is 2.57. The zero-order valence-corrected chi connectivity index (χ0v) is 12.0. The molecule has 2 atom stereocenters. The number of rotatable bonds is 4. The number of hydrogen-bond acceptors (Lipinski definition) is 5. The molecule has 0 radical (unpaired) electrons. The molecule has 2 aliphatic heterocycles. The zero-order chi connectivity index (χ0) is 13.0. The van der Waals surface area contributed by atoms with E-state index < -0.39 is 0 Å². The maximum absolute atomic E-state index is 11.7. The molecule has 1 amide bonds. The van der Waals surface area contributed by atoms with Crippen LogP contribution in [0, 0.1) is 0 Å². The number of likely N-dealkylation sites (N-methyl/N-ethyl adjacent to an activating group) is 1. The van der Waals surface area contributed by atoms with Crippen LogP contribution in [0.15, 0.2) is 0 Å². The number of hydrogen-bond donors (Lipinski definition) is 1. The zero-order valence-electron chi connectivity index (χ0n) is 11.2. The average molecular weight is 273 g/mol. The second kappa shape index (κ2) is 6.75. The fraction of sp³-hybridized carbons (Fsp3) is 0.917. The van der Waals surface area contributed by atoms with E-state index >= 15 is 0 Å². The first-order valence-electron chi connectivity index (χ1n) is 6.49. The monoisotopic (exact) mass is 273 g/mol. The molecular weight excluding hydrogens is 250 g/mol. The minimum absolute atomic E-state index is 0.122. The fourth-order valence-corrected chi connectivity index (χ4v) is 2.92. The number of carbonyl (C=O) groups is 1. The Morgan fingerprint density at radius 1 is 1.33 bits per heavy atom. The lowest BCUT2D eigenvalue weighted by atomic mass is 10.1. The van der Waals surface area contributed by atoms with Crippen molar-refractivity contribution in [3.05, 3.63) is 0 Å². The summed E-state index contributed by atoms with van der Waals surface area (Å²) in [6.07, 6.45) is 1.95. The largest absolute Gasteiger partial charge is 0.378 e. The topological polar surface area (TPSA) is 44.8 Å². The molecular formula is C12H23N3O2S. The average Bonchev–Trinajstić information content (AvgIpc) is 2.78. The summed E-state index contributed by atoms with van der Waals surface area (Å²) in [6.45, 7) is 5.73. The second-order valence-corrected chi connectivity index (χ2v) is 5.92. The maximum Gasteiger partial charge on any atom is 0.230 e. The third-order valence-electron chi connectivity index (χ3n) is 3.68. The van der Waals surface area contributed by atoms with E-state index in [1.807, 2.05) is 6.26 Å². The number of nitrogens with zero attached hydrogens (tertiary/aromatic N) is 2. The number of carbonyl (C=O) groups excluding carboxylic acids is 1. The number of thioether (sulfide) groups is 1. The van der Waals surface area contributed by atoms with Gasteiger partial charge in [-0.15, -0.1) is 0 Å². The van der Waals surface area contributed by atoms with Gasteiger partial charge in [-0.3, -0.25) is 9.69 Å². The first kappa shape index (κ1) is 14.1. The van der Waals surface area contributed by atoms with E-state index in [9.17, 15) is 4.79 Å². The van der Waals surface area contributed by atoms with Crippen molar-refractivity contribution in [1.29, 1.82) is 0 Å². The van der Waals surface area contributed by atoms with E-state index in [-0.39, 0.29) is 11.9 Å². The van der Waals surface area contributed by atoms with Crippen LogP contribution >= 0.6 is 11.8 Å². The van der Waals surface area contributed by atoms with Crippen molar-refractivity contribution in [2.75, 3.05) is 58.4 Å². The van der Waals surface area contributed by atoms with Crippen LogP contribution in [0.1, 0.15) is 0 Å². The molecule has 2 heterocycles. The smallest absolute Gasteiger partial charge is 0.230 e. The van der Waals surface area contributed by atoms with Crippen LogP contribution in [0.25, 0.3) is 0 Å². The quantitative estimate of drug-likeness (QED) is 0.747. The Balaban J connectivity index is 1.85. The first-order valence-corrected chi connectivity index (χ1v) is 7.88. The van der Waals surface area contributed by atoms with Crippen molar-refractivity contribution in [3.63, 3.8) is 0 Å². The predicted octanol–water partition coefficient (Wildman–Crippen LogP) is -0.520. The molecule has 18 heavy (non-hydrogen) atoms. The summed E-state index contributed by atoms with van der Waals surface area (Å²) in [5.41, 5.74) is 0. The summed E-state index contributed by atoms with van der Waals surface area (Å²) in [4.78, 5) is 16.5. The predicted molar refractivity (Wildman–Crippen MR) is 74.0 cm³/mol. The van der Waals surface area contributed by atoms with Crippen LogP contribution < -0.4 is 5.32 Å². The van der Waals surface area contributed by atoms with Crippen molar-refractivity contribution in [2.45, 2.75) is 12.1 Å². The highest BCUT2D eigenvalue weighted by Gasteiger charge is 2.34. The van der Waals surface area contributed by atoms with Gasteiger partial charge >= 0.3 is 0 Å². The molecule has 1 N–H and O–H groups in total. The molecule has 0 aliphatic carbocycles. The number of piperazine rings is 1. The van der Waals surface area contributed by atoms with Crippen molar-refractivity contribution in [3.8, 4) is 0 Å². The Labute approximate surface area is 113 Å². The van der Waals surface area contributed by atoms with Gasteiger partial charge < -0.3 is 15.0 Å². The summed E-state index contributed by atoms with van der Waals surface area (Å²) >= 11 is 1.56. The summed E-state index contributed by atoms with van der Waals surface area (Å²) in [6, 6.07) is 0.512. The van der Waals surface area contributed by atoms with Crippen molar-refractivity contribution < 1.29 is 9.53 Å². The van der Waals surface area contributed by atoms with Crippen LogP contribution in [-0.4, -0.2) is 86.2 Å². The Hall–Kier alpha value is -0.300. The van der Waals surface area contributed by atoms with E-state index in [1.54, 1.807) is 11.8 Å². The highest BCUT2D eigenvalue weighted by Crippen LogP contribution is 2.15. The van der Waals surface area contributed by atoms with Gasteiger partial charge in [0.25, 0.3) is 0 Å². The summed E-state index contributed by atoms with van der Waals surface area (Å²) in [7, 11) is 2.15. The third-order valence-corrected chi connectivity index (χ3v) is 4.23. The van der Waals surface area contributed by atoms with Crippen LogP contribution in [-0.2, 0) is 9.53 Å². The third kappa shape index (κ3) is 3.60. The Morgan fingerprint density at radius 2 is 2.06 bits per heavy atom. The maximum atomic E-state index is 11.7. The summed E-state index contributed by atoms with van der Waals surface area (Å²) in [5, 5.41) is 3.10. The number of amides is 1. The van der Waals surface area contributed by atoms with Crippen LogP contribution in [0.3, 0.4) is 0 Å². The molecule has 0 saturated carbocycles. The number of nitrogens with one attached hydrogen (secondary N) is 1. The van der Waals surface area contributed by atoms with Crippen molar-refractivity contribution >= 4 is 17.7 Å². The molecule has 0 bridgehead atoms. The molecule has 6 heteroatoms. The molecule has 0 aromatic rings. The molecule has 0 aromatic heterocycles. The number of ether oxygens (including phenoxy) is 1. The highest BCUT2D eigenvalue weighted by atomic mass is 32.2. The van der Waals surface area contributed by atoms with Gasteiger partial charge in [-0.1, -0.05) is 0 Å². The lowest BCUT2D eigenvalue weighted by molar-refractivity contribution is -0.119. The van der Waals surface area contributed by atoms with Gasteiger partial charge in [0.1, 0.15) is 0 Å². The lowest BCUT2D eigenvalue weighted by Crippen LogP contribution is -2.56. The molecule has 104 valence electrons. The minimum Gasteiger partial charge on any atom is -0.378 e. The lowest BCUT2D eigenvalue weighted by Gasteiger charge is -2.38. The van der Waals surface area contributed by atoms with Crippen LogP contribution in [0.2, 0.25) is 0 Å². The normalized spacial score (nSPS) is 30.6. The molecule has 2 rings (SSSR count). The molecule has 5 nitrogen and oxygen atoms in total. The Kier molecular flexibility index (Phi) is 5.29. The van der Waals surface area contributed by atoms with Gasteiger partial charge in [0, 0.05) is 26.2 Å². The van der Waals surface area contributed by atoms with E-state index in [2.05, 4.69) is 22.2 Å². The molecule has 0 spiro atoms.